The van der Waals surface area contributed by atoms with Crippen LogP contribution in [0.3, 0.4) is 0 Å². The van der Waals surface area contributed by atoms with E-state index in [1.807, 2.05) is 4.90 Å². The van der Waals surface area contributed by atoms with Crippen molar-refractivity contribution in [1.29, 1.82) is 0 Å². The first-order valence-corrected chi connectivity index (χ1v) is 7.65. The van der Waals surface area contributed by atoms with Crippen LogP contribution in [0.25, 0.3) is 0 Å². The summed E-state index contributed by atoms with van der Waals surface area (Å²) in [5.41, 5.74) is 5.37. The highest BCUT2D eigenvalue weighted by Crippen LogP contribution is 2.23. The fraction of sp³-hybridized carbons (Fsp3) is 0.857. The Hall–Kier alpha value is -0.560. The van der Waals surface area contributed by atoms with E-state index in [0.717, 1.165) is 26.1 Å². The zero-order valence-electron chi connectivity index (χ0n) is 13.1. The lowest BCUT2D eigenvalue weighted by atomic mass is 10.1. The van der Waals surface area contributed by atoms with Crippen molar-refractivity contribution in [2.24, 2.45) is 11.7 Å². The van der Waals surface area contributed by atoms with Gasteiger partial charge in [0.05, 0.1) is 5.92 Å². The van der Waals surface area contributed by atoms with E-state index in [1.165, 1.54) is 6.42 Å². The van der Waals surface area contributed by atoms with Crippen molar-refractivity contribution in [3.63, 3.8) is 0 Å². The molecule has 22 heavy (non-hydrogen) atoms. The highest BCUT2D eigenvalue weighted by Gasteiger charge is 2.36. The molecule has 2 amide bonds. The van der Waals surface area contributed by atoms with E-state index in [9.17, 15) is 9.59 Å². The van der Waals surface area contributed by atoms with Crippen LogP contribution < -0.4 is 11.1 Å². The highest BCUT2D eigenvalue weighted by atomic mass is 35.5. The van der Waals surface area contributed by atoms with Crippen molar-refractivity contribution in [2.75, 3.05) is 39.3 Å². The largest absolute Gasteiger partial charge is 0.355 e. The molecule has 2 fully saturated rings. The van der Waals surface area contributed by atoms with E-state index in [2.05, 4.69) is 17.1 Å². The van der Waals surface area contributed by atoms with Crippen molar-refractivity contribution in [2.45, 2.75) is 32.2 Å². The van der Waals surface area contributed by atoms with Crippen molar-refractivity contribution in [3.05, 3.63) is 0 Å². The summed E-state index contributed by atoms with van der Waals surface area (Å²) < 4.78 is 0. The second kappa shape index (κ2) is 10.3. The predicted molar refractivity (Wildman–Crippen MR) is 91.5 cm³/mol. The van der Waals surface area contributed by atoms with Gasteiger partial charge in [0.15, 0.2) is 0 Å². The molecule has 3 N–H and O–H groups in total. The SMILES string of the molecule is CCN1CCCC1CN1CC(C(=O)NCCN)CC1=O.Cl.Cl. The number of hydrogen-bond donors (Lipinski definition) is 2. The maximum atomic E-state index is 12.0. The normalized spacial score (nSPS) is 24.8. The summed E-state index contributed by atoms with van der Waals surface area (Å²) in [5.74, 6) is -0.128. The van der Waals surface area contributed by atoms with Gasteiger partial charge in [-0.3, -0.25) is 14.5 Å². The van der Waals surface area contributed by atoms with Crippen LogP contribution in [0.4, 0.5) is 0 Å². The second-order valence-corrected chi connectivity index (χ2v) is 5.70. The van der Waals surface area contributed by atoms with E-state index in [0.29, 0.717) is 32.1 Å². The summed E-state index contributed by atoms with van der Waals surface area (Å²) in [4.78, 5) is 28.2. The van der Waals surface area contributed by atoms with Crippen LogP contribution in [0, 0.1) is 5.92 Å². The molecule has 2 atom stereocenters. The van der Waals surface area contributed by atoms with Crippen molar-refractivity contribution >= 4 is 36.6 Å². The van der Waals surface area contributed by atoms with Gasteiger partial charge in [-0.25, -0.2) is 0 Å². The number of rotatable bonds is 6. The molecule has 8 heteroatoms. The quantitative estimate of drug-likeness (QED) is 0.715. The lowest BCUT2D eigenvalue weighted by Crippen LogP contribution is -2.41. The molecule has 2 heterocycles. The van der Waals surface area contributed by atoms with Gasteiger partial charge >= 0.3 is 0 Å². The van der Waals surface area contributed by atoms with Crippen LogP contribution in [0.2, 0.25) is 0 Å². The molecule has 0 spiro atoms. The molecule has 6 nitrogen and oxygen atoms in total. The van der Waals surface area contributed by atoms with Gasteiger partial charge in [-0.05, 0) is 25.9 Å². The minimum atomic E-state index is -0.203. The van der Waals surface area contributed by atoms with Crippen molar-refractivity contribution in [1.82, 2.24) is 15.1 Å². The van der Waals surface area contributed by atoms with Crippen LogP contribution in [-0.2, 0) is 9.59 Å². The van der Waals surface area contributed by atoms with Gasteiger partial charge in [-0.15, -0.1) is 24.8 Å². The standard InChI is InChI=1S/C14H26N4O2.2ClH/c1-2-17-7-3-4-12(17)10-18-9-11(8-13(18)19)14(20)16-6-5-15;;/h11-12H,2-10,15H2,1H3,(H,16,20);2*1H. The first-order chi connectivity index (χ1) is 9.65. The number of nitrogens with one attached hydrogen (secondary N) is 1. The number of carbonyl (C=O) groups excluding carboxylic acids is 2. The molecular formula is C14H28Cl2N4O2. The third-order valence-corrected chi connectivity index (χ3v) is 4.37. The van der Waals surface area contributed by atoms with Crippen molar-refractivity contribution in [3.8, 4) is 0 Å². The number of carbonyl (C=O) groups is 2. The van der Waals surface area contributed by atoms with Crippen molar-refractivity contribution < 1.29 is 9.59 Å². The van der Waals surface area contributed by atoms with Gasteiger partial charge in [0.25, 0.3) is 0 Å². The van der Waals surface area contributed by atoms with Crippen LogP contribution in [0.1, 0.15) is 26.2 Å². The molecule has 0 aliphatic carbocycles. The maximum Gasteiger partial charge on any atom is 0.225 e. The van der Waals surface area contributed by atoms with E-state index < -0.39 is 0 Å². The van der Waals surface area contributed by atoms with Gasteiger partial charge in [0, 0.05) is 38.6 Å². The third-order valence-electron chi connectivity index (χ3n) is 4.37. The molecule has 0 saturated carbocycles. The fourth-order valence-corrected chi connectivity index (χ4v) is 3.24. The third kappa shape index (κ3) is 5.26. The summed E-state index contributed by atoms with van der Waals surface area (Å²) in [6.07, 6.45) is 2.71. The number of nitrogens with zero attached hydrogens (tertiary/aromatic N) is 2. The van der Waals surface area contributed by atoms with Gasteiger partial charge in [-0.1, -0.05) is 6.92 Å². The first kappa shape index (κ1) is 21.4. The Morgan fingerprint density at radius 3 is 2.77 bits per heavy atom. The van der Waals surface area contributed by atoms with Gasteiger partial charge in [0.2, 0.25) is 11.8 Å². The number of hydrogen-bond acceptors (Lipinski definition) is 4. The van der Waals surface area contributed by atoms with E-state index >= 15 is 0 Å². The minimum Gasteiger partial charge on any atom is -0.355 e. The Labute approximate surface area is 145 Å². The number of halogens is 2. The fourth-order valence-electron chi connectivity index (χ4n) is 3.24. The number of likely N-dealkylation sites (tertiary alicyclic amines) is 2. The average Bonchev–Trinajstić information content (AvgIpc) is 3.04. The van der Waals surface area contributed by atoms with Crippen LogP contribution in [-0.4, -0.2) is 66.9 Å². The lowest BCUT2D eigenvalue weighted by molar-refractivity contribution is -0.129. The molecule has 0 aromatic heterocycles. The van der Waals surface area contributed by atoms with Gasteiger partial charge in [-0.2, -0.15) is 0 Å². The molecule has 2 aliphatic rings. The molecule has 2 aliphatic heterocycles. The molecule has 0 aromatic carbocycles. The average molecular weight is 355 g/mol. The van der Waals surface area contributed by atoms with E-state index in [1.54, 1.807) is 0 Å². The topological polar surface area (TPSA) is 78.7 Å². The predicted octanol–water partition coefficient (Wildman–Crippen LogP) is 0.238. The monoisotopic (exact) mass is 354 g/mol. The summed E-state index contributed by atoms with van der Waals surface area (Å²) in [7, 11) is 0. The number of nitrogens with two attached hydrogens (primary N) is 1. The summed E-state index contributed by atoms with van der Waals surface area (Å²) >= 11 is 0. The maximum absolute atomic E-state index is 12.0. The molecule has 0 radical (unpaired) electrons. The van der Waals surface area contributed by atoms with Crippen LogP contribution >= 0.6 is 24.8 Å². The number of amides is 2. The molecule has 130 valence electrons. The summed E-state index contributed by atoms with van der Waals surface area (Å²) in [6.45, 7) is 6.57. The Balaban J connectivity index is 0.00000220. The lowest BCUT2D eigenvalue weighted by Gasteiger charge is -2.27. The van der Waals surface area contributed by atoms with Crippen LogP contribution in [0.15, 0.2) is 0 Å². The van der Waals surface area contributed by atoms with Gasteiger partial charge < -0.3 is 16.0 Å². The Bertz CT molecular complexity index is 371. The zero-order valence-corrected chi connectivity index (χ0v) is 14.8. The molecule has 2 saturated heterocycles. The Morgan fingerprint density at radius 1 is 1.41 bits per heavy atom. The smallest absolute Gasteiger partial charge is 0.225 e. The molecule has 2 unspecified atom stereocenters. The second-order valence-electron chi connectivity index (χ2n) is 5.70. The highest BCUT2D eigenvalue weighted by molar-refractivity contribution is 5.89. The Morgan fingerprint density at radius 2 is 2.14 bits per heavy atom. The summed E-state index contributed by atoms with van der Waals surface area (Å²) in [5, 5.41) is 2.78. The molecule has 0 aromatic rings. The minimum absolute atomic E-state index is 0. The number of likely N-dealkylation sites (N-methyl/N-ethyl adjacent to an activating group) is 1. The first-order valence-electron chi connectivity index (χ1n) is 7.65. The van der Waals surface area contributed by atoms with E-state index in [4.69, 9.17) is 5.73 Å². The van der Waals surface area contributed by atoms with Gasteiger partial charge in [0.1, 0.15) is 0 Å². The molecule has 2 rings (SSSR count). The molecule has 0 bridgehead atoms. The van der Waals surface area contributed by atoms with Crippen LogP contribution in [0.5, 0.6) is 0 Å². The Kier molecular flexibility index (Phi) is 10.00. The molecular weight excluding hydrogens is 327 g/mol. The van der Waals surface area contributed by atoms with E-state index in [-0.39, 0.29) is 42.5 Å². The zero-order chi connectivity index (χ0) is 14.5. The summed E-state index contributed by atoms with van der Waals surface area (Å²) in [6, 6.07) is 0.467.